The van der Waals surface area contributed by atoms with Crippen LogP contribution in [-0.4, -0.2) is 25.4 Å². The fourth-order valence-electron chi connectivity index (χ4n) is 1.45. The number of hydrogen-bond acceptors (Lipinski definition) is 4. The Bertz CT molecular complexity index is 443. The molecular formula is C13H17NO4. The molecule has 1 amide bonds. The minimum atomic E-state index is -0.540. The SMILES string of the molecule is CCCC(=O)COc1ccc(C(N)=O)cc1OC. The summed E-state index contributed by atoms with van der Waals surface area (Å²) in [4.78, 5) is 22.4. The Morgan fingerprint density at radius 1 is 1.28 bits per heavy atom. The number of methoxy groups -OCH3 is 1. The maximum absolute atomic E-state index is 11.4. The molecule has 0 saturated carbocycles. The number of Topliss-reactive ketones (excluding diaryl/α,β-unsaturated/α-hetero) is 1. The highest BCUT2D eigenvalue weighted by Crippen LogP contribution is 2.27. The van der Waals surface area contributed by atoms with E-state index in [0.717, 1.165) is 6.42 Å². The molecule has 0 atom stereocenters. The standard InChI is InChI=1S/C13H17NO4/c1-3-4-10(15)8-18-11-6-5-9(13(14)16)7-12(11)17-2/h5-7H,3-4,8H2,1-2H3,(H2,14,16). The van der Waals surface area contributed by atoms with Crippen LogP contribution in [0.3, 0.4) is 0 Å². The third kappa shape index (κ3) is 3.76. The predicted molar refractivity (Wildman–Crippen MR) is 66.9 cm³/mol. The number of benzene rings is 1. The number of rotatable bonds is 7. The van der Waals surface area contributed by atoms with E-state index in [-0.39, 0.29) is 12.4 Å². The van der Waals surface area contributed by atoms with Crippen molar-refractivity contribution in [1.82, 2.24) is 0 Å². The Labute approximate surface area is 106 Å². The van der Waals surface area contributed by atoms with Crippen molar-refractivity contribution in [1.29, 1.82) is 0 Å². The Morgan fingerprint density at radius 2 is 2.00 bits per heavy atom. The monoisotopic (exact) mass is 251 g/mol. The molecular weight excluding hydrogens is 234 g/mol. The molecule has 0 radical (unpaired) electrons. The van der Waals surface area contributed by atoms with E-state index in [2.05, 4.69) is 0 Å². The van der Waals surface area contributed by atoms with Gasteiger partial charge in [0.1, 0.15) is 6.61 Å². The summed E-state index contributed by atoms with van der Waals surface area (Å²) in [5.41, 5.74) is 5.49. The van der Waals surface area contributed by atoms with Crippen LogP contribution < -0.4 is 15.2 Å². The highest BCUT2D eigenvalue weighted by molar-refractivity contribution is 5.93. The van der Waals surface area contributed by atoms with Crippen molar-refractivity contribution >= 4 is 11.7 Å². The van der Waals surface area contributed by atoms with Crippen LogP contribution in [0.2, 0.25) is 0 Å². The first-order chi connectivity index (χ1) is 8.58. The molecule has 98 valence electrons. The van der Waals surface area contributed by atoms with E-state index >= 15 is 0 Å². The van der Waals surface area contributed by atoms with Crippen LogP contribution >= 0.6 is 0 Å². The van der Waals surface area contributed by atoms with Crippen molar-refractivity contribution in [2.24, 2.45) is 5.73 Å². The van der Waals surface area contributed by atoms with E-state index < -0.39 is 5.91 Å². The van der Waals surface area contributed by atoms with E-state index in [1.807, 2.05) is 6.92 Å². The van der Waals surface area contributed by atoms with Gasteiger partial charge < -0.3 is 15.2 Å². The van der Waals surface area contributed by atoms with Crippen LogP contribution in [-0.2, 0) is 4.79 Å². The van der Waals surface area contributed by atoms with E-state index in [1.165, 1.54) is 19.2 Å². The molecule has 0 aliphatic heterocycles. The van der Waals surface area contributed by atoms with E-state index in [4.69, 9.17) is 15.2 Å². The predicted octanol–water partition coefficient (Wildman–Crippen LogP) is 1.54. The van der Waals surface area contributed by atoms with Gasteiger partial charge in [0.25, 0.3) is 0 Å². The lowest BCUT2D eigenvalue weighted by molar-refractivity contribution is -0.121. The molecule has 1 rings (SSSR count). The van der Waals surface area contributed by atoms with Crippen LogP contribution in [0.4, 0.5) is 0 Å². The molecule has 0 aliphatic rings. The van der Waals surface area contributed by atoms with Crippen LogP contribution in [0.15, 0.2) is 18.2 Å². The van der Waals surface area contributed by atoms with Gasteiger partial charge in [-0.1, -0.05) is 6.92 Å². The second-order valence-corrected chi connectivity index (χ2v) is 3.81. The Morgan fingerprint density at radius 3 is 2.56 bits per heavy atom. The summed E-state index contributed by atoms with van der Waals surface area (Å²) in [7, 11) is 1.46. The van der Waals surface area contributed by atoms with Crippen LogP contribution in [0.1, 0.15) is 30.1 Å². The van der Waals surface area contributed by atoms with E-state index in [0.29, 0.717) is 23.5 Å². The molecule has 5 nitrogen and oxygen atoms in total. The summed E-state index contributed by atoms with van der Waals surface area (Å²) in [6.07, 6.45) is 1.28. The highest BCUT2D eigenvalue weighted by Gasteiger charge is 2.10. The number of ether oxygens (including phenoxy) is 2. The fraction of sp³-hybridized carbons (Fsp3) is 0.385. The van der Waals surface area contributed by atoms with E-state index in [1.54, 1.807) is 6.07 Å². The van der Waals surface area contributed by atoms with Crippen LogP contribution in [0, 0.1) is 0 Å². The van der Waals surface area contributed by atoms with Crippen molar-refractivity contribution in [3.8, 4) is 11.5 Å². The van der Waals surface area contributed by atoms with Gasteiger partial charge in [0, 0.05) is 12.0 Å². The van der Waals surface area contributed by atoms with Gasteiger partial charge in [-0.05, 0) is 24.6 Å². The van der Waals surface area contributed by atoms with Gasteiger partial charge in [0.15, 0.2) is 17.3 Å². The highest BCUT2D eigenvalue weighted by atomic mass is 16.5. The Hall–Kier alpha value is -2.04. The smallest absolute Gasteiger partial charge is 0.248 e. The summed E-state index contributed by atoms with van der Waals surface area (Å²) in [6, 6.07) is 4.59. The largest absolute Gasteiger partial charge is 0.493 e. The Balaban J connectivity index is 2.76. The van der Waals surface area contributed by atoms with Gasteiger partial charge in [0.2, 0.25) is 5.91 Å². The lowest BCUT2D eigenvalue weighted by Crippen LogP contribution is -2.13. The van der Waals surface area contributed by atoms with Crippen molar-refractivity contribution in [3.63, 3.8) is 0 Å². The first kappa shape index (κ1) is 14.0. The van der Waals surface area contributed by atoms with Gasteiger partial charge in [-0.2, -0.15) is 0 Å². The number of nitrogens with two attached hydrogens (primary N) is 1. The van der Waals surface area contributed by atoms with Gasteiger partial charge in [-0.25, -0.2) is 0 Å². The second-order valence-electron chi connectivity index (χ2n) is 3.81. The summed E-state index contributed by atoms with van der Waals surface area (Å²) < 4.78 is 10.4. The molecule has 0 aromatic heterocycles. The molecule has 0 saturated heterocycles. The molecule has 1 aromatic rings. The molecule has 0 aliphatic carbocycles. The Kier molecular flexibility index (Phi) is 5.17. The van der Waals surface area contributed by atoms with Gasteiger partial charge in [0.05, 0.1) is 7.11 Å². The number of hydrogen-bond donors (Lipinski definition) is 1. The molecule has 5 heteroatoms. The molecule has 0 unspecified atom stereocenters. The number of carbonyl (C=O) groups is 2. The molecule has 0 bridgehead atoms. The van der Waals surface area contributed by atoms with Crippen molar-refractivity contribution < 1.29 is 19.1 Å². The second kappa shape index (κ2) is 6.64. The molecule has 0 heterocycles. The summed E-state index contributed by atoms with van der Waals surface area (Å²) in [5.74, 6) is 0.294. The van der Waals surface area contributed by atoms with Gasteiger partial charge >= 0.3 is 0 Å². The van der Waals surface area contributed by atoms with Crippen molar-refractivity contribution in [2.45, 2.75) is 19.8 Å². The van der Waals surface area contributed by atoms with Crippen molar-refractivity contribution in [2.75, 3.05) is 13.7 Å². The molecule has 0 spiro atoms. The zero-order valence-corrected chi connectivity index (χ0v) is 10.6. The molecule has 2 N–H and O–H groups in total. The number of primary amides is 1. The first-order valence-corrected chi connectivity index (χ1v) is 5.70. The zero-order valence-electron chi connectivity index (χ0n) is 10.6. The van der Waals surface area contributed by atoms with Gasteiger partial charge in [-0.3, -0.25) is 9.59 Å². The summed E-state index contributed by atoms with van der Waals surface area (Å²) in [6.45, 7) is 1.93. The van der Waals surface area contributed by atoms with Crippen LogP contribution in [0.5, 0.6) is 11.5 Å². The minimum absolute atomic E-state index is 0.000117. The minimum Gasteiger partial charge on any atom is -0.493 e. The average Bonchev–Trinajstić information content (AvgIpc) is 2.36. The normalized spacial score (nSPS) is 9.89. The maximum Gasteiger partial charge on any atom is 0.248 e. The molecule has 18 heavy (non-hydrogen) atoms. The first-order valence-electron chi connectivity index (χ1n) is 5.70. The van der Waals surface area contributed by atoms with E-state index in [9.17, 15) is 9.59 Å². The van der Waals surface area contributed by atoms with Crippen LogP contribution in [0.25, 0.3) is 0 Å². The summed E-state index contributed by atoms with van der Waals surface area (Å²) in [5, 5.41) is 0. The topological polar surface area (TPSA) is 78.6 Å². The third-order valence-corrected chi connectivity index (χ3v) is 2.37. The van der Waals surface area contributed by atoms with Crippen molar-refractivity contribution in [3.05, 3.63) is 23.8 Å². The zero-order chi connectivity index (χ0) is 13.5. The number of ketones is 1. The lowest BCUT2D eigenvalue weighted by atomic mass is 10.2. The maximum atomic E-state index is 11.4. The lowest BCUT2D eigenvalue weighted by Gasteiger charge is -2.10. The fourth-order valence-corrected chi connectivity index (χ4v) is 1.45. The average molecular weight is 251 g/mol. The molecule has 0 fully saturated rings. The number of amides is 1. The third-order valence-electron chi connectivity index (χ3n) is 2.37. The quantitative estimate of drug-likeness (QED) is 0.797. The molecule has 1 aromatic carbocycles. The van der Waals surface area contributed by atoms with Gasteiger partial charge in [-0.15, -0.1) is 0 Å². The number of carbonyl (C=O) groups excluding carboxylic acids is 2. The summed E-state index contributed by atoms with van der Waals surface area (Å²) >= 11 is 0.